The van der Waals surface area contributed by atoms with Crippen LogP contribution in [-0.2, 0) is 14.3 Å². The zero-order valence-corrected chi connectivity index (χ0v) is 22.4. The minimum atomic E-state index is -0.635. The van der Waals surface area contributed by atoms with Gasteiger partial charge in [-0.25, -0.2) is 4.79 Å². The van der Waals surface area contributed by atoms with Crippen LogP contribution in [0.4, 0.5) is 4.79 Å². The van der Waals surface area contributed by atoms with Gasteiger partial charge in [0, 0.05) is 43.4 Å². The van der Waals surface area contributed by atoms with Gasteiger partial charge in [-0.1, -0.05) is 42.3 Å². The Morgan fingerprint density at radius 1 is 1.06 bits per heavy atom. The van der Waals surface area contributed by atoms with Gasteiger partial charge in [-0.2, -0.15) is 0 Å². The fourth-order valence-electron chi connectivity index (χ4n) is 5.08. The Labute approximate surface area is 217 Å². The summed E-state index contributed by atoms with van der Waals surface area (Å²) in [6.07, 6.45) is 2.70. The molecule has 2 aliphatic heterocycles. The van der Waals surface area contributed by atoms with E-state index in [1.54, 1.807) is 6.07 Å². The lowest BCUT2D eigenvalue weighted by Gasteiger charge is -2.34. The van der Waals surface area contributed by atoms with Gasteiger partial charge in [0.15, 0.2) is 0 Å². The molecule has 1 aromatic carbocycles. The first kappa shape index (κ1) is 26.1. The molecule has 2 heterocycles. The third-order valence-electron chi connectivity index (χ3n) is 7.36. The van der Waals surface area contributed by atoms with E-state index in [9.17, 15) is 14.4 Å². The van der Waals surface area contributed by atoms with E-state index in [1.807, 2.05) is 49.6 Å². The van der Waals surface area contributed by atoms with E-state index in [0.29, 0.717) is 49.1 Å². The first-order chi connectivity index (χ1) is 16.4. The summed E-state index contributed by atoms with van der Waals surface area (Å²) in [5.74, 6) is -0.0656. The number of piperidine rings is 1. The highest BCUT2D eigenvalue weighted by Crippen LogP contribution is 2.47. The van der Waals surface area contributed by atoms with Crippen LogP contribution in [-0.4, -0.2) is 65.5 Å². The van der Waals surface area contributed by atoms with Crippen molar-refractivity contribution in [1.82, 2.24) is 15.1 Å². The number of alkyl carbamates (subject to hydrolysis) is 1. The molecule has 7 nitrogen and oxygen atoms in total. The summed E-state index contributed by atoms with van der Waals surface area (Å²) in [7, 11) is 0. The van der Waals surface area contributed by atoms with Gasteiger partial charge in [-0.3, -0.25) is 9.59 Å². The van der Waals surface area contributed by atoms with Gasteiger partial charge in [-0.15, -0.1) is 0 Å². The normalized spacial score (nSPS) is 24.3. The molecule has 2 unspecified atom stereocenters. The Kier molecular flexibility index (Phi) is 7.31. The Bertz CT molecular complexity index is 997. The minimum Gasteiger partial charge on any atom is -0.444 e. The molecular formula is C26H35Cl2N3O4. The maximum atomic E-state index is 13.5. The van der Waals surface area contributed by atoms with Crippen LogP contribution in [0.25, 0.3) is 0 Å². The average molecular weight is 524 g/mol. The molecular weight excluding hydrogens is 489 g/mol. The van der Waals surface area contributed by atoms with E-state index >= 15 is 0 Å². The lowest BCUT2D eigenvalue weighted by Crippen LogP contribution is -2.46. The van der Waals surface area contributed by atoms with Crippen molar-refractivity contribution in [2.75, 3.05) is 26.2 Å². The number of carbonyl (C=O) groups excluding carboxylic acids is 3. The van der Waals surface area contributed by atoms with Gasteiger partial charge in [-0.05, 0) is 58.1 Å². The molecule has 1 saturated carbocycles. The standard InChI is InChI=1S/C26H35Cl2N3O4/c1-25(2,3)35-24(34)29-20-15-31(14-18(20)17-6-5-7-19(27)21(17)28)22(32)16-8-12-30(13-9-16)23(33)26(4)10-11-26/h5-7,16,18,20H,8-15H2,1-4H3,(H,29,34). The van der Waals surface area contributed by atoms with E-state index in [4.69, 9.17) is 27.9 Å². The SMILES string of the molecule is CC(C)(C)OC(=O)NC1CN(C(=O)C2CCN(C(=O)C3(C)CC3)CC2)CC1c1cccc(Cl)c1Cl. The van der Waals surface area contributed by atoms with Gasteiger partial charge in [0.2, 0.25) is 11.8 Å². The van der Waals surface area contributed by atoms with Gasteiger partial charge < -0.3 is 19.9 Å². The molecule has 2 saturated heterocycles. The van der Waals surface area contributed by atoms with Crippen molar-refractivity contribution in [3.63, 3.8) is 0 Å². The number of carbonyl (C=O) groups is 3. The summed E-state index contributed by atoms with van der Waals surface area (Å²) in [4.78, 5) is 42.5. The topological polar surface area (TPSA) is 79.0 Å². The number of halogens is 2. The molecule has 4 rings (SSSR count). The first-order valence-corrected chi connectivity index (χ1v) is 13.2. The van der Waals surface area contributed by atoms with Crippen molar-refractivity contribution in [1.29, 1.82) is 0 Å². The summed E-state index contributed by atoms with van der Waals surface area (Å²) in [6, 6.07) is 5.07. The van der Waals surface area contributed by atoms with Crippen molar-refractivity contribution in [3.05, 3.63) is 33.8 Å². The smallest absolute Gasteiger partial charge is 0.407 e. The second-order valence-corrected chi connectivity index (χ2v) is 12.2. The summed E-state index contributed by atoms with van der Waals surface area (Å²) in [6.45, 7) is 9.47. The number of rotatable bonds is 4. The highest BCUT2D eigenvalue weighted by Gasteiger charge is 2.48. The largest absolute Gasteiger partial charge is 0.444 e. The summed E-state index contributed by atoms with van der Waals surface area (Å²) in [5.41, 5.74) is -0.0197. The second kappa shape index (κ2) is 9.81. The Hall–Kier alpha value is -1.99. The molecule has 0 spiro atoms. The molecule has 1 N–H and O–H groups in total. The second-order valence-electron chi connectivity index (χ2n) is 11.4. The predicted octanol–water partition coefficient (Wildman–Crippen LogP) is 4.85. The van der Waals surface area contributed by atoms with Crippen molar-refractivity contribution in [3.8, 4) is 0 Å². The molecule has 0 aromatic heterocycles. The highest BCUT2D eigenvalue weighted by atomic mass is 35.5. The van der Waals surface area contributed by atoms with E-state index < -0.39 is 11.7 Å². The fraction of sp³-hybridized carbons (Fsp3) is 0.654. The molecule has 1 aromatic rings. The van der Waals surface area contributed by atoms with Gasteiger partial charge in [0.05, 0.1) is 16.1 Å². The summed E-state index contributed by atoms with van der Waals surface area (Å²) >= 11 is 12.8. The fourth-order valence-corrected chi connectivity index (χ4v) is 5.53. The van der Waals surface area contributed by atoms with Crippen LogP contribution in [0.1, 0.15) is 64.9 Å². The molecule has 35 heavy (non-hydrogen) atoms. The van der Waals surface area contributed by atoms with Gasteiger partial charge in [0.25, 0.3) is 0 Å². The maximum absolute atomic E-state index is 13.5. The number of hydrogen-bond acceptors (Lipinski definition) is 4. The zero-order chi connectivity index (χ0) is 25.5. The average Bonchev–Trinajstić information content (AvgIpc) is 3.41. The van der Waals surface area contributed by atoms with E-state index in [0.717, 1.165) is 18.4 Å². The molecule has 9 heteroatoms. The number of likely N-dealkylation sites (tertiary alicyclic amines) is 2. The quantitative estimate of drug-likeness (QED) is 0.611. The highest BCUT2D eigenvalue weighted by molar-refractivity contribution is 6.42. The first-order valence-electron chi connectivity index (χ1n) is 12.4. The number of amides is 3. The third-order valence-corrected chi connectivity index (χ3v) is 8.20. The van der Waals surface area contributed by atoms with E-state index in [1.165, 1.54) is 0 Å². The third kappa shape index (κ3) is 5.88. The molecule has 3 aliphatic rings. The Morgan fingerprint density at radius 2 is 1.71 bits per heavy atom. The number of hydrogen-bond donors (Lipinski definition) is 1. The number of nitrogens with one attached hydrogen (secondary N) is 1. The number of nitrogens with zero attached hydrogens (tertiary/aromatic N) is 2. The molecule has 0 radical (unpaired) electrons. The molecule has 0 bridgehead atoms. The van der Waals surface area contributed by atoms with Gasteiger partial charge in [0.1, 0.15) is 5.60 Å². The van der Waals surface area contributed by atoms with E-state index in [-0.39, 0.29) is 35.1 Å². The van der Waals surface area contributed by atoms with Crippen LogP contribution in [0.3, 0.4) is 0 Å². The number of benzene rings is 1. The molecule has 3 fully saturated rings. The minimum absolute atomic E-state index is 0.0615. The Balaban J connectivity index is 1.45. The predicted molar refractivity (Wildman–Crippen MR) is 136 cm³/mol. The molecule has 2 atom stereocenters. The van der Waals surface area contributed by atoms with Crippen LogP contribution < -0.4 is 5.32 Å². The molecule has 1 aliphatic carbocycles. The summed E-state index contributed by atoms with van der Waals surface area (Å²) < 4.78 is 5.47. The van der Waals surface area contributed by atoms with Crippen molar-refractivity contribution in [2.24, 2.45) is 11.3 Å². The van der Waals surface area contributed by atoms with Crippen molar-refractivity contribution >= 4 is 41.1 Å². The summed E-state index contributed by atoms with van der Waals surface area (Å²) in [5, 5.41) is 3.83. The van der Waals surface area contributed by atoms with Crippen LogP contribution >= 0.6 is 23.2 Å². The lowest BCUT2D eigenvalue weighted by molar-refractivity contribution is -0.142. The van der Waals surface area contributed by atoms with Crippen LogP contribution in [0.5, 0.6) is 0 Å². The van der Waals surface area contributed by atoms with Crippen molar-refractivity contribution < 1.29 is 19.1 Å². The monoisotopic (exact) mass is 523 g/mol. The number of ether oxygens (including phenoxy) is 1. The zero-order valence-electron chi connectivity index (χ0n) is 20.9. The van der Waals surface area contributed by atoms with Crippen molar-refractivity contribution in [2.45, 2.75) is 70.9 Å². The van der Waals surface area contributed by atoms with Crippen LogP contribution in [0.15, 0.2) is 18.2 Å². The molecule has 3 amide bonds. The van der Waals surface area contributed by atoms with E-state index in [2.05, 4.69) is 5.32 Å². The molecule has 192 valence electrons. The Morgan fingerprint density at radius 3 is 2.31 bits per heavy atom. The van der Waals surface area contributed by atoms with Crippen LogP contribution in [0, 0.1) is 11.3 Å². The van der Waals surface area contributed by atoms with Gasteiger partial charge >= 0.3 is 6.09 Å². The lowest BCUT2D eigenvalue weighted by atomic mass is 9.93. The maximum Gasteiger partial charge on any atom is 0.407 e. The van der Waals surface area contributed by atoms with Crippen LogP contribution in [0.2, 0.25) is 10.0 Å².